The maximum Gasteiger partial charge on any atom is 0.156 e. The molecule has 0 spiro atoms. The number of halogens is 1. The molecule has 172 valence electrons. The summed E-state index contributed by atoms with van der Waals surface area (Å²) >= 11 is 0. The van der Waals surface area contributed by atoms with Crippen LogP contribution in [0.25, 0.3) is 22.2 Å². The van der Waals surface area contributed by atoms with Gasteiger partial charge in [-0.05, 0) is 67.1 Å². The lowest BCUT2D eigenvalue weighted by Crippen LogP contribution is -2.04. The van der Waals surface area contributed by atoms with Crippen LogP contribution in [0.5, 0.6) is 5.75 Å². The third-order valence-electron chi connectivity index (χ3n) is 6.22. The van der Waals surface area contributed by atoms with E-state index in [0.29, 0.717) is 36.4 Å². The van der Waals surface area contributed by atoms with Crippen LogP contribution in [0.1, 0.15) is 42.0 Å². The minimum atomic E-state index is -0.208. The highest BCUT2D eigenvalue weighted by atomic mass is 19.1. The van der Waals surface area contributed by atoms with E-state index in [-0.39, 0.29) is 12.4 Å². The number of aryl methyl sites for hydroxylation is 2. The number of aromatic nitrogens is 1. The van der Waals surface area contributed by atoms with Crippen LogP contribution in [0.3, 0.4) is 0 Å². The van der Waals surface area contributed by atoms with Crippen LogP contribution in [0.15, 0.2) is 60.7 Å². The van der Waals surface area contributed by atoms with E-state index < -0.39 is 0 Å². The maximum atomic E-state index is 16.1. The number of hydrogen-bond donors (Lipinski definition) is 1. The van der Waals surface area contributed by atoms with E-state index >= 15 is 4.39 Å². The number of fused-ring (bicyclic) bond motifs is 1. The Morgan fingerprint density at radius 3 is 2.30 bits per heavy atom. The van der Waals surface area contributed by atoms with E-state index in [4.69, 9.17) is 4.74 Å². The SMILES string of the molecule is CCCCOc1ccc2c(c1)c(F)c(-c1c(C)cccc1C)n2Cc1ccc(CCO)cc1. The molecule has 4 heteroatoms. The molecule has 0 saturated heterocycles. The van der Waals surface area contributed by atoms with Gasteiger partial charge in [-0.3, -0.25) is 0 Å². The Kier molecular flexibility index (Phi) is 7.14. The van der Waals surface area contributed by atoms with Crippen molar-refractivity contribution in [2.75, 3.05) is 13.2 Å². The summed E-state index contributed by atoms with van der Waals surface area (Å²) in [5.41, 5.74) is 6.69. The first-order valence-electron chi connectivity index (χ1n) is 11.7. The Morgan fingerprint density at radius 1 is 0.939 bits per heavy atom. The standard InChI is InChI=1S/C29H32FNO2/c1-4-5-17-33-24-13-14-26-25(18-24)28(30)29(27-20(2)7-6-8-21(27)3)31(26)19-23-11-9-22(10-12-23)15-16-32/h6-14,18,32H,4-5,15-17,19H2,1-3H3. The number of benzene rings is 3. The van der Waals surface area contributed by atoms with Gasteiger partial charge in [0, 0.05) is 24.1 Å². The average Bonchev–Trinajstić information content (AvgIpc) is 3.07. The topological polar surface area (TPSA) is 34.4 Å². The lowest BCUT2D eigenvalue weighted by Gasteiger charge is -2.15. The third kappa shape index (κ3) is 4.81. The third-order valence-corrected chi connectivity index (χ3v) is 6.22. The second-order valence-electron chi connectivity index (χ2n) is 8.69. The molecule has 0 saturated carbocycles. The Labute approximate surface area is 195 Å². The molecule has 1 heterocycles. The van der Waals surface area contributed by atoms with Crippen LogP contribution >= 0.6 is 0 Å². The predicted octanol–water partition coefficient (Wildman–Crippen LogP) is 6.83. The highest BCUT2D eigenvalue weighted by Gasteiger charge is 2.22. The highest BCUT2D eigenvalue weighted by Crippen LogP contribution is 2.38. The fourth-order valence-electron chi connectivity index (χ4n) is 4.44. The number of rotatable bonds is 9. The van der Waals surface area contributed by atoms with Gasteiger partial charge in [-0.25, -0.2) is 4.39 Å². The van der Waals surface area contributed by atoms with E-state index in [0.717, 1.165) is 46.2 Å². The van der Waals surface area contributed by atoms with Gasteiger partial charge in [-0.2, -0.15) is 0 Å². The number of aliphatic hydroxyl groups excluding tert-OH is 1. The molecule has 1 N–H and O–H groups in total. The van der Waals surface area contributed by atoms with Gasteiger partial charge < -0.3 is 14.4 Å². The van der Waals surface area contributed by atoms with Crippen LogP contribution < -0.4 is 4.74 Å². The quantitative estimate of drug-likeness (QED) is 0.287. The minimum absolute atomic E-state index is 0.131. The zero-order valence-corrected chi connectivity index (χ0v) is 19.7. The summed E-state index contributed by atoms with van der Waals surface area (Å²) in [5.74, 6) is 0.494. The smallest absolute Gasteiger partial charge is 0.156 e. The summed E-state index contributed by atoms with van der Waals surface area (Å²) in [5, 5.41) is 9.78. The molecular formula is C29H32FNO2. The van der Waals surface area contributed by atoms with Gasteiger partial charge in [-0.1, -0.05) is 55.8 Å². The van der Waals surface area contributed by atoms with E-state index in [1.54, 1.807) is 0 Å². The first-order valence-corrected chi connectivity index (χ1v) is 11.7. The largest absolute Gasteiger partial charge is 0.494 e. The van der Waals surface area contributed by atoms with Crippen LogP contribution in [-0.2, 0) is 13.0 Å². The van der Waals surface area contributed by atoms with Crippen molar-refractivity contribution in [3.05, 3.63) is 88.7 Å². The summed E-state index contributed by atoms with van der Waals surface area (Å²) < 4.78 is 24.0. The second-order valence-corrected chi connectivity index (χ2v) is 8.69. The summed E-state index contributed by atoms with van der Waals surface area (Å²) in [6, 6.07) is 20.0. The molecule has 0 aliphatic heterocycles. The van der Waals surface area contributed by atoms with Crippen molar-refractivity contribution >= 4 is 10.9 Å². The predicted molar refractivity (Wildman–Crippen MR) is 134 cm³/mol. The van der Waals surface area contributed by atoms with Crippen molar-refractivity contribution in [1.29, 1.82) is 0 Å². The molecule has 3 aromatic carbocycles. The second kappa shape index (κ2) is 10.2. The number of ether oxygens (including phenoxy) is 1. The van der Waals surface area contributed by atoms with Gasteiger partial charge in [0.05, 0.1) is 17.8 Å². The molecular weight excluding hydrogens is 413 g/mol. The lowest BCUT2D eigenvalue weighted by molar-refractivity contribution is 0.299. The zero-order valence-electron chi connectivity index (χ0n) is 19.7. The monoisotopic (exact) mass is 445 g/mol. The van der Waals surface area contributed by atoms with Crippen molar-refractivity contribution in [3.8, 4) is 17.0 Å². The van der Waals surface area contributed by atoms with Gasteiger partial charge in [0.1, 0.15) is 5.75 Å². The fraction of sp³-hybridized carbons (Fsp3) is 0.310. The number of aliphatic hydroxyl groups is 1. The van der Waals surface area contributed by atoms with E-state index in [9.17, 15) is 5.11 Å². The highest BCUT2D eigenvalue weighted by molar-refractivity contribution is 5.90. The van der Waals surface area contributed by atoms with Crippen molar-refractivity contribution in [1.82, 2.24) is 4.57 Å². The summed E-state index contributed by atoms with van der Waals surface area (Å²) in [4.78, 5) is 0. The number of nitrogens with zero attached hydrogens (tertiary/aromatic N) is 1. The molecule has 0 radical (unpaired) electrons. The van der Waals surface area contributed by atoms with Crippen molar-refractivity contribution in [2.24, 2.45) is 0 Å². The van der Waals surface area contributed by atoms with E-state index in [2.05, 4.69) is 23.6 Å². The average molecular weight is 446 g/mol. The Balaban J connectivity index is 1.85. The van der Waals surface area contributed by atoms with Gasteiger partial charge in [0.15, 0.2) is 5.82 Å². The molecule has 0 bridgehead atoms. The van der Waals surface area contributed by atoms with Crippen LogP contribution in [0.2, 0.25) is 0 Å². The molecule has 0 atom stereocenters. The number of hydrogen-bond acceptors (Lipinski definition) is 2. The first kappa shape index (κ1) is 23.1. The zero-order chi connectivity index (χ0) is 23.4. The summed E-state index contributed by atoms with van der Waals surface area (Å²) in [6.07, 6.45) is 2.66. The van der Waals surface area contributed by atoms with Gasteiger partial charge in [0.2, 0.25) is 0 Å². The molecule has 4 rings (SSSR count). The van der Waals surface area contributed by atoms with Gasteiger partial charge in [-0.15, -0.1) is 0 Å². The van der Waals surface area contributed by atoms with Crippen LogP contribution in [0, 0.1) is 19.7 Å². The Morgan fingerprint density at radius 2 is 1.64 bits per heavy atom. The van der Waals surface area contributed by atoms with Crippen molar-refractivity contribution < 1.29 is 14.2 Å². The van der Waals surface area contributed by atoms with Crippen molar-refractivity contribution in [2.45, 2.75) is 46.6 Å². The summed E-state index contributed by atoms with van der Waals surface area (Å²) in [7, 11) is 0. The molecule has 0 amide bonds. The minimum Gasteiger partial charge on any atom is -0.494 e. The van der Waals surface area contributed by atoms with Crippen LogP contribution in [0.4, 0.5) is 4.39 Å². The normalized spacial score (nSPS) is 11.3. The molecule has 0 aliphatic carbocycles. The van der Waals surface area contributed by atoms with E-state index in [1.165, 1.54) is 0 Å². The maximum absolute atomic E-state index is 16.1. The molecule has 0 aliphatic rings. The fourth-order valence-corrected chi connectivity index (χ4v) is 4.44. The first-order chi connectivity index (χ1) is 16.0. The van der Waals surface area contributed by atoms with Gasteiger partial charge >= 0.3 is 0 Å². The number of unbranched alkanes of at least 4 members (excludes halogenated alkanes) is 1. The van der Waals surface area contributed by atoms with E-state index in [1.807, 2.05) is 62.4 Å². The van der Waals surface area contributed by atoms with Crippen LogP contribution in [-0.4, -0.2) is 22.9 Å². The summed E-state index contributed by atoms with van der Waals surface area (Å²) in [6.45, 7) is 7.51. The van der Waals surface area contributed by atoms with Gasteiger partial charge in [0.25, 0.3) is 0 Å². The molecule has 4 aromatic rings. The lowest BCUT2D eigenvalue weighted by atomic mass is 9.99. The molecule has 1 aromatic heterocycles. The molecule has 0 unspecified atom stereocenters. The Hall–Kier alpha value is -3.11. The molecule has 3 nitrogen and oxygen atoms in total. The molecule has 33 heavy (non-hydrogen) atoms. The Bertz CT molecular complexity index is 1220. The van der Waals surface area contributed by atoms with Crippen molar-refractivity contribution in [3.63, 3.8) is 0 Å². The molecule has 0 fully saturated rings.